The highest BCUT2D eigenvalue weighted by atomic mass is 79.9. The van der Waals surface area contributed by atoms with Crippen LogP contribution in [0.2, 0.25) is 5.02 Å². The third-order valence-corrected chi connectivity index (χ3v) is 7.42. The lowest BCUT2D eigenvalue weighted by Gasteiger charge is -2.14. The zero-order valence-electron chi connectivity index (χ0n) is 21.7. The fourth-order valence-corrected chi connectivity index (χ4v) is 5.04. The molecule has 1 heterocycles. The molecule has 1 aromatic heterocycles. The number of benzene rings is 4. The molecule has 0 amide bonds. The molecule has 0 spiro atoms. The number of halogens is 2. The lowest BCUT2D eigenvalue weighted by atomic mass is 10.1. The highest BCUT2D eigenvalue weighted by Gasteiger charge is 2.22. The third-order valence-electron chi connectivity index (χ3n) is 6.71. The van der Waals surface area contributed by atoms with Gasteiger partial charge in [0.2, 0.25) is 5.75 Å². The lowest BCUT2D eigenvalue weighted by Crippen LogP contribution is -2.23. The molecule has 40 heavy (non-hydrogen) atoms. The molecule has 0 radical (unpaired) electrons. The number of nitro benzene ring substituents is 1. The molecule has 1 atom stereocenters. The summed E-state index contributed by atoms with van der Waals surface area (Å²) in [5, 5.41) is 19.0. The first kappa shape index (κ1) is 27.5. The molecule has 4 aromatic carbocycles. The quantitative estimate of drug-likeness (QED) is 0.100. The Kier molecular flexibility index (Phi) is 7.95. The molecule has 0 aliphatic carbocycles. The van der Waals surface area contributed by atoms with Crippen molar-refractivity contribution < 1.29 is 9.66 Å². The molecule has 0 bridgehead atoms. The smallest absolute Gasteiger partial charge is 0.313 e. The molecule has 8 nitrogen and oxygen atoms in total. The SMILES string of the molecule is CC[C@H](C)c1nc2ccc(Br)cc2c(=O)n1N=Cc1cc(Cl)cc([N+](=O)[O-])c1OCc1cccc2ccccc12. The number of nitrogens with zero attached hydrogens (tertiary/aromatic N) is 4. The molecule has 0 unspecified atom stereocenters. The summed E-state index contributed by atoms with van der Waals surface area (Å²) in [6, 6.07) is 21.7. The third kappa shape index (κ3) is 5.48. The van der Waals surface area contributed by atoms with Gasteiger partial charge in [0.25, 0.3) is 5.56 Å². The molecule has 0 N–H and O–H groups in total. The number of hydrogen-bond donors (Lipinski definition) is 0. The molecule has 0 saturated heterocycles. The first-order valence-electron chi connectivity index (χ1n) is 12.6. The van der Waals surface area contributed by atoms with Crippen molar-refractivity contribution in [2.45, 2.75) is 32.8 Å². The predicted molar refractivity (Wildman–Crippen MR) is 162 cm³/mol. The number of aromatic nitrogens is 2. The van der Waals surface area contributed by atoms with Gasteiger partial charge in [0, 0.05) is 27.0 Å². The van der Waals surface area contributed by atoms with Crippen LogP contribution in [0.5, 0.6) is 5.75 Å². The Morgan fingerprint density at radius 2 is 1.90 bits per heavy atom. The van der Waals surface area contributed by atoms with Crippen molar-refractivity contribution in [1.29, 1.82) is 0 Å². The van der Waals surface area contributed by atoms with Crippen molar-refractivity contribution in [3.63, 3.8) is 0 Å². The normalized spacial score (nSPS) is 12.3. The van der Waals surface area contributed by atoms with E-state index in [2.05, 4.69) is 21.0 Å². The van der Waals surface area contributed by atoms with Crippen LogP contribution in [0.15, 0.2) is 87.2 Å². The van der Waals surface area contributed by atoms with E-state index in [0.29, 0.717) is 16.7 Å². The molecule has 0 aliphatic heterocycles. The Morgan fingerprint density at radius 3 is 2.67 bits per heavy atom. The summed E-state index contributed by atoms with van der Waals surface area (Å²) >= 11 is 9.68. The van der Waals surface area contributed by atoms with E-state index >= 15 is 0 Å². The van der Waals surface area contributed by atoms with E-state index in [1.807, 2.05) is 62.4 Å². The summed E-state index contributed by atoms with van der Waals surface area (Å²) in [5.41, 5.74) is 1.03. The summed E-state index contributed by atoms with van der Waals surface area (Å²) in [6.07, 6.45) is 2.09. The van der Waals surface area contributed by atoms with Gasteiger partial charge in [-0.15, -0.1) is 0 Å². The summed E-state index contributed by atoms with van der Waals surface area (Å²) in [7, 11) is 0. The number of hydrogen-bond acceptors (Lipinski definition) is 6. The molecular formula is C30H24BrClN4O4. The van der Waals surface area contributed by atoms with E-state index in [1.165, 1.54) is 23.0 Å². The highest BCUT2D eigenvalue weighted by Crippen LogP contribution is 2.35. The van der Waals surface area contributed by atoms with Crippen LogP contribution >= 0.6 is 27.5 Å². The fraction of sp³-hybridized carbons (Fsp3) is 0.167. The van der Waals surface area contributed by atoms with E-state index in [9.17, 15) is 14.9 Å². The number of nitro groups is 1. The first-order valence-corrected chi connectivity index (χ1v) is 13.8. The minimum absolute atomic E-state index is 0.000663. The van der Waals surface area contributed by atoms with Crippen LogP contribution < -0.4 is 10.3 Å². The van der Waals surface area contributed by atoms with Gasteiger partial charge in [-0.3, -0.25) is 14.9 Å². The lowest BCUT2D eigenvalue weighted by molar-refractivity contribution is -0.385. The van der Waals surface area contributed by atoms with Crippen LogP contribution in [0.25, 0.3) is 21.7 Å². The van der Waals surface area contributed by atoms with Crippen LogP contribution in [-0.2, 0) is 6.61 Å². The zero-order valence-corrected chi connectivity index (χ0v) is 24.0. The van der Waals surface area contributed by atoms with Crippen LogP contribution in [0, 0.1) is 10.1 Å². The Hall–Kier alpha value is -4.08. The second-order valence-corrected chi connectivity index (χ2v) is 10.7. The second kappa shape index (κ2) is 11.6. The van der Waals surface area contributed by atoms with Crippen molar-refractivity contribution in [2.24, 2.45) is 5.10 Å². The minimum Gasteiger partial charge on any atom is -0.481 e. The monoisotopic (exact) mass is 618 g/mol. The van der Waals surface area contributed by atoms with E-state index in [4.69, 9.17) is 21.3 Å². The van der Waals surface area contributed by atoms with Gasteiger partial charge in [-0.1, -0.05) is 83.8 Å². The van der Waals surface area contributed by atoms with E-state index < -0.39 is 4.92 Å². The highest BCUT2D eigenvalue weighted by molar-refractivity contribution is 9.10. The van der Waals surface area contributed by atoms with E-state index in [0.717, 1.165) is 27.2 Å². The van der Waals surface area contributed by atoms with Gasteiger partial charge in [0.05, 0.1) is 22.0 Å². The number of rotatable bonds is 8. The maximum absolute atomic E-state index is 13.5. The molecule has 5 aromatic rings. The second-order valence-electron chi connectivity index (χ2n) is 9.33. The van der Waals surface area contributed by atoms with Gasteiger partial charge in [0.15, 0.2) is 0 Å². The van der Waals surface area contributed by atoms with Crippen molar-refractivity contribution in [2.75, 3.05) is 0 Å². The minimum atomic E-state index is -0.548. The molecule has 0 aliphatic rings. The summed E-state index contributed by atoms with van der Waals surface area (Å²) in [4.78, 5) is 29.7. The molecule has 10 heteroatoms. The van der Waals surface area contributed by atoms with E-state index in [1.54, 1.807) is 12.1 Å². The van der Waals surface area contributed by atoms with Crippen LogP contribution in [0.4, 0.5) is 5.69 Å². The average Bonchev–Trinajstić information content (AvgIpc) is 2.95. The molecular weight excluding hydrogens is 596 g/mol. The van der Waals surface area contributed by atoms with Gasteiger partial charge in [-0.05, 0) is 47.0 Å². The Bertz CT molecular complexity index is 1850. The van der Waals surface area contributed by atoms with Crippen molar-refractivity contribution >= 4 is 61.1 Å². The predicted octanol–water partition coefficient (Wildman–Crippen LogP) is 7.85. The maximum atomic E-state index is 13.5. The Balaban J connectivity index is 1.62. The van der Waals surface area contributed by atoms with Crippen LogP contribution in [0.1, 0.15) is 43.1 Å². The van der Waals surface area contributed by atoms with Gasteiger partial charge in [0.1, 0.15) is 12.4 Å². The van der Waals surface area contributed by atoms with Gasteiger partial charge in [-0.2, -0.15) is 9.78 Å². The summed E-state index contributed by atoms with van der Waals surface area (Å²) in [5.74, 6) is 0.405. The topological polar surface area (TPSA) is 99.6 Å². The average molecular weight is 620 g/mol. The van der Waals surface area contributed by atoms with E-state index in [-0.39, 0.29) is 40.1 Å². The van der Waals surface area contributed by atoms with Crippen LogP contribution in [-0.4, -0.2) is 20.8 Å². The molecule has 0 fully saturated rings. The molecule has 0 saturated carbocycles. The van der Waals surface area contributed by atoms with Crippen molar-refractivity contribution in [3.8, 4) is 5.75 Å². The first-order chi connectivity index (χ1) is 19.3. The molecule has 5 rings (SSSR count). The van der Waals surface area contributed by atoms with Crippen LogP contribution in [0.3, 0.4) is 0 Å². The summed E-state index contributed by atoms with van der Waals surface area (Å²) < 4.78 is 8.06. The standard InChI is InChI=1S/C30H24BrClN4O4/c1-3-18(2)29-34-26-12-11-22(31)14-25(26)30(37)35(29)33-16-21-13-23(32)15-27(36(38)39)28(21)40-17-20-9-6-8-19-7-4-5-10-24(19)20/h4-16,18H,3,17H2,1-2H3/t18-/m0/s1. The van der Waals surface area contributed by atoms with Gasteiger partial charge >= 0.3 is 5.69 Å². The van der Waals surface area contributed by atoms with Crippen molar-refractivity contribution in [3.05, 3.63) is 120 Å². The largest absolute Gasteiger partial charge is 0.481 e. The fourth-order valence-electron chi connectivity index (χ4n) is 4.46. The van der Waals surface area contributed by atoms with Crippen molar-refractivity contribution in [1.82, 2.24) is 9.66 Å². The Labute approximate surface area is 243 Å². The maximum Gasteiger partial charge on any atom is 0.313 e. The zero-order chi connectivity index (χ0) is 28.4. The summed E-state index contributed by atoms with van der Waals surface area (Å²) in [6.45, 7) is 4.03. The number of ether oxygens (including phenoxy) is 1. The number of fused-ring (bicyclic) bond motifs is 2. The molecule has 202 valence electrons. The van der Waals surface area contributed by atoms with Gasteiger partial charge in [-0.25, -0.2) is 4.98 Å². The Morgan fingerprint density at radius 1 is 1.12 bits per heavy atom. The van der Waals surface area contributed by atoms with Gasteiger partial charge < -0.3 is 4.74 Å².